The minimum Gasteiger partial charge on any atom is -0.495 e. The Morgan fingerprint density at radius 1 is 0.769 bits per heavy atom. The minimum atomic E-state index is -4.50. The van der Waals surface area contributed by atoms with Crippen LogP contribution in [-0.2, 0) is 32.6 Å². The summed E-state index contributed by atoms with van der Waals surface area (Å²) < 4.78 is 46.6. The molecule has 0 bridgehead atoms. The fourth-order valence-corrected chi connectivity index (χ4v) is 8.09. The van der Waals surface area contributed by atoms with Crippen molar-refractivity contribution in [3.8, 4) is 17.2 Å². The maximum Gasteiger partial charge on any atom is 0.265 e. The molecule has 2 amide bonds. The lowest BCUT2D eigenvalue weighted by Gasteiger charge is -2.35. The van der Waals surface area contributed by atoms with Crippen molar-refractivity contribution in [2.24, 2.45) is 0 Å². The average molecular weight is 769 g/mol. The van der Waals surface area contributed by atoms with E-state index in [2.05, 4.69) is 5.32 Å². The topological polar surface area (TPSA) is 114 Å². The first-order valence-corrected chi connectivity index (χ1v) is 19.2. The van der Waals surface area contributed by atoms with Crippen molar-refractivity contribution in [2.75, 3.05) is 32.2 Å². The van der Waals surface area contributed by atoms with Crippen LogP contribution in [0.5, 0.6) is 17.2 Å². The molecule has 1 aliphatic carbocycles. The molecule has 5 rings (SSSR count). The van der Waals surface area contributed by atoms with Crippen LogP contribution in [0.1, 0.15) is 43.2 Å². The summed E-state index contributed by atoms with van der Waals surface area (Å²) in [6.07, 6.45) is 5.01. The van der Waals surface area contributed by atoms with Gasteiger partial charge in [0.15, 0.2) is 11.5 Å². The van der Waals surface area contributed by atoms with E-state index in [9.17, 15) is 18.0 Å². The molecule has 0 aromatic heterocycles. The summed E-state index contributed by atoms with van der Waals surface area (Å²) in [5, 5.41) is 3.95. The lowest BCUT2D eigenvalue weighted by Crippen LogP contribution is -2.55. The van der Waals surface area contributed by atoms with Gasteiger partial charge in [-0.1, -0.05) is 84.9 Å². The van der Waals surface area contributed by atoms with Crippen molar-refractivity contribution in [1.82, 2.24) is 10.2 Å². The molecular weight excluding hydrogens is 725 g/mol. The van der Waals surface area contributed by atoms with Crippen molar-refractivity contribution in [1.29, 1.82) is 0 Å². The van der Waals surface area contributed by atoms with E-state index in [4.69, 9.17) is 37.4 Å². The molecule has 13 heteroatoms. The number of ether oxygens (including phenoxy) is 3. The van der Waals surface area contributed by atoms with Crippen LogP contribution in [0.15, 0.2) is 95.9 Å². The maximum absolute atomic E-state index is 14.9. The second kappa shape index (κ2) is 17.9. The second-order valence-corrected chi connectivity index (χ2v) is 15.3. The smallest absolute Gasteiger partial charge is 0.265 e. The average Bonchev–Trinajstić information content (AvgIpc) is 3.16. The SMILES string of the molecule is COc1ccc(S(=O)(=O)N(CC(=O)N(Cc2ccc(Cl)cc2)[C@@H](Cc2ccccc2)C(=O)NC2CCCCC2)c2cc(Cl)ccc2OC)cc1OC. The molecule has 0 spiro atoms. The van der Waals surface area contributed by atoms with Gasteiger partial charge in [0.05, 0.1) is 31.9 Å². The number of anilines is 1. The number of hydrogen-bond acceptors (Lipinski definition) is 7. The number of nitrogens with zero attached hydrogens (tertiary/aromatic N) is 2. The first kappa shape index (κ1) is 38.8. The summed E-state index contributed by atoms with van der Waals surface area (Å²) in [5.41, 5.74) is 1.58. The molecule has 1 fully saturated rings. The van der Waals surface area contributed by atoms with Gasteiger partial charge >= 0.3 is 0 Å². The minimum absolute atomic E-state index is 0.00250. The highest BCUT2D eigenvalue weighted by Crippen LogP contribution is 2.37. The standard InChI is InChI=1S/C39H43Cl2N3O7S/c1-49-35-20-18-30(41)23-33(35)44(52(47,48)32-19-21-36(50-2)37(24-32)51-3)26-38(45)43(25-28-14-16-29(40)17-15-28)34(22-27-10-6-4-7-11-27)39(46)42-31-12-8-5-9-13-31/h4,6-7,10-11,14-21,23-24,31,34H,5,8-9,12-13,22,25-26H2,1-3H3,(H,42,46)/t34-/m0/s1. The molecule has 0 aliphatic heterocycles. The second-order valence-electron chi connectivity index (χ2n) is 12.5. The summed E-state index contributed by atoms with van der Waals surface area (Å²) in [6.45, 7) is -0.689. The quantitative estimate of drug-likeness (QED) is 0.135. The molecule has 1 aliphatic rings. The Balaban J connectivity index is 1.62. The molecule has 1 N–H and O–H groups in total. The van der Waals surface area contributed by atoms with E-state index >= 15 is 0 Å². The zero-order valence-electron chi connectivity index (χ0n) is 29.4. The lowest BCUT2D eigenvalue weighted by atomic mass is 9.94. The van der Waals surface area contributed by atoms with E-state index in [-0.39, 0.29) is 52.0 Å². The van der Waals surface area contributed by atoms with Crippen molar-refractivity contribution in [2.45, 2.75) is 62.0 Å². The molecule has 1 atom stereocenters. The Hall–Kier alpha value is -4.45. The van der Waals surface area contributed by atoms with Gasteiger partial charge in [0, 0.05) is 35.1 Å². The Kier molecular flexibility index (Phi) is 13.3. The van der Waals surface area contributed by atoms with E-state index in [1.54, 1.807) is 30.3 Å². The molecule has 4 aromatic rings. The summed E-state index contributed by atoms with van der Waals surface area (Å²) >= 11 is 12.6. The Labute approximate surface area is 315 Å². The number of rotatable bonds is 15. The summed E-state index contributed by atoms with van der Waals surface area (Å²) in [7, 11) is -0.263. The van der Waals surface area contributed by atoms with Crippen molar-refractivity contribution in [3.63, 3.8) is 0 Å². The molecule has 276 valence electrons. The molecule has 0 heterocycles. The van der Waals surface area contributed by atoms with Crippen molar-refractivity contribution >= 4 is 50.7 Å². The fraction of sp³-hybridized carbons (Fsp3) is 0.333. The van der Waals surface area contributed by atoms with Gasteiger partial charge in [0.25, 0.3) is 10.0 Å². The number of carbonyl (C=O) groups excluding carboxylic acids is 2. The summed E-state index contributed by atoms with van der Waals surface area (Å²) in [6, 6.07) is 24.1. The van der Waals surface area contributed by atoms with Crippen LogP contribution in [0.25, 0.3) is 0 Å². The number of hydrogen-bond donors (Lipinski definition) is 1. The van der Waals surface area contributed by atoms with E-state index in [1.807, 2.05) is 30.3 Å². The Morgan fingerprint density at radius 3 is 2.06 bits per heavy atom. The number of sulfonamides is 1. The third-order valence-electron chi connectivity index (χ3n) is 9.12. The monoisotopic (exact) mass is 767 g/mol. The van der Waals surface area contributed by atoms with Crippen LogP contribution in [0.2, 0.25) is 10.0 Å². The van der Waals surface area contributed by atoms with Gasteiger partial charge in [0.1, 0.15) is 18.3 Å². The van der Waals surface area contributed by atoms with Gasteiger partial charge in [-0.2, -0.15) is 0 Å². The molecule has 0 saturated heterocycles. The van der Waals surface area contributed by atoms with Gasteiger partial charge in [0.2, 0.25) is 11.8 Å². The highest BCUT2D eigenvalue weighted by Gasteiger charge is 2.36. The van der Waals surface area contributed by atoms with E-state index in [0.29, 0.717) is 16.3 Å². The largest absolute Gasteiger partial charge is 0.495 e. The maximum atomic E-state index is 14.9. The van der Waals surface area contributed by atoms with Crippen LogP contribution >= 0.6 is 23.2 Å². The summed E-state index contributed by atoms with van der Waals surface area (Å²) in [4.78, 5) is 30.5. The van der Waals surface area contributed by atoms with Crippen molar-refractivity contribution < 1.29 is 32.2 Å². The Bertz CT molecular complexity index is 1940. The number of methoxy groups -OCH3 is 3. The van der Waals surface area contributed by atoms with Crippen LogP contribution in [0.4, 0.5) is 5.69 Å². The van der Waals surface area contributed by atoms with Crippen LogP contribution in [0, 0.1) is 0 Å². The zero-order valence-corrected chi connectivity index (χ0v) is 31.7. The molecule has 0 radical (unpaired) electrons. The predicted molar refractivity (Wildman–Crippen MR) is 203 cm³/mol. The third kappa shape index (κ3) is 9.50. The van der Waals surface area contributed by atoms with Gasteiger partial charge in [-0.25, -0.2) is 8.42 Å². The van der Waals surface area contributed by atoms with Crippen molar-refractivity contribution in [3.05, 3.63) is 112 Å². The number of halogens is 2. The highest BCUT2D eigenvalue weighted by atomic mass is 35.5. The predicted octanol–water partition coefficient (Wildman–Crippen LogP) is 7.30. The lowest BCUT2D eigenvalue weighted by molar-refractivity contribution is -0.140. The van der Waals surface area contributed by atoms with Crippen LogP contribution < -0.4 is 23.8 Å². The molecule has 10 nitrogen and oxygen atoms in total. The van der Waals surface area contributed by atoms with E-state index in [0.717, 1.165) is 42.0 Å². The number of benzene rings is 4. The van der Waals surface area contributed by atoms with Gasteiger partial charge < -0.3 is 24.4 Å². The molecule has 1 saturated carbocycles. The van der Waals surface area contributed by atoms with Gasteiger partial charge in [-0.3, -0.25) is 13.9 Å². The van der Waals surface area contributed by atoms with Gasteiger partial charge in [-0.05, 0) is 66.4 Å². The third-order valence-corrected chi connectivity index (χ3v) is 11.4. The zero-order chi connectivity index (χ0) is 37.3. The fourth-order valence-electron chi connectivity index (χ4n) is 6.36. The number of nitrogens with one attached hydrogen (secondary N) is 1. The van der Waals surface area contributed by atoms with E-state index in [1.165, 1.54) is 56.6 Å². The van der Waals surface area contributed by atoms with E-state index < -0.39 is 28.5 Å². The number of carbonyl (C=O) groups is 2. The number of amides is 2. The molecule has 52 heavy (non-hydrogen) atoms. The molecular formula is C39H43Cl2N3O7S. The highest BCUT2D eigenvalue weighted by molar-refractivity contribution is 7.92. The van der Waals surface area contributed by atoms with Crippen LogP contribution in [0.3, 0.4) is 0 Å². The molecule has 4 aromatic carbocycles. The first-order chi connectivity index (χ1) is 25.0. The normalized spacial score (nSPS) is 13.9. The van der Waals surface area contributed by atoms with Crippen LogP contribution in [-0.4, -0.2) is 65.1 Å². The van der Waals surface area contributed by atoms with Gasteiger partial charge in [-0.15, -0.1) is 0 Å². The summed E-state index contributed by atoms with van der Waals surface area (Å²) in [5.74, 6) is -0.263. The first-order valence-electron chi connectivity index (χ1n) is 17.0. The Morgan fingerprint density at radius 2 is 1.40 bits per heavy atom. The molecule has 0 unspecified atom stereocenters.